The maximum Gasteiger partial charge on any atom is 0.119 e. The van der Waals surface area contributed by atoms with Crippen molar-refractivity contribution in [2.45, 2.75) is 32.9 Å². The van der Waals surface area contributed by atoms with Gasteiger partial charge in [0.2, 0.25) is 0 Å². The van der Waals surface area contributed by atoms with Crippen LogP contribution in [0.25, 0.3) is 0 Å². The average Bonchev–Trinajstić information content (AvgIpc) is 2.77. The van der Waals surface area contributed by atoms with E-state index in [1.807, 2.05) is 30.8 Å². The number of nitrogens with zero attached hydrogens (tertiary/aromatic N) is 2. The third-order valence-corrected chi connectivity index (χ3v) is 3.61. The quantitative estimate of drug-likeness (QED) is 0.909. The van der Waals surface area contributed by atoms with Gasteiger partial charge in [0.15, 0.2) is 0 Å². The molecule has 1 heterocycles. The summed E-state index contributed by atoms with van der Waals surface area (Å²) in [5.41, 5.74) is 3.53. The lowest BCUT2D eigenvalue weighted by Gasteiger charge is -2.20. The first-order valence-electron chi connectivity index (χ1n) is 6.91. The Morgan fingerprint density at radius 3 is 2.60 bits per heavy atom. The molecule has 0 spiro atoms. The zero-order chi connectivity index (χ0) is 14.7. The van der Waals surface area contributed by atoms with Gasteiger partial charge in [0.1, 0.15) is 5.75 Å². The van der Waals surface area contributed by atoms with Crippen molar-refractivity contribution < 1.29 is 4.74 Å². The molecule has 4 nitrogen and oxygen atoms in total. The van der Waals surface area contributed by atoms with Gasteiger partial charge in [0.05, 0.1) is 12.8 Å². The van der Waals surface area contributed by atoms with Crippen LogP contribution in [0.2, 0.25) is 0 Å². The molecule has 0 amide bonds. The zero-order valence-corrected chi connectivity index (χ0v) is 12.8. The van der Waals surface area contributed by atoms with Crippen LogP contribution in [0.15, 0.2) is 30.5 Å². The molecule has 0 aliphatic heterocycles. The van der Waals surface area contributed by atoms with E-state index in [1.54, 1.807) is 7.11 Å². The smallest absolute Gasteiger partial charge is 0.119 e. The van der Waals surface area contributed by atoms with Crippen LogP contribution in [0.4, 0.5) is 0 Å². The van der Waals surface area contributed by atoms with Crippen LogP contribution < -0.4 is 10.1 Å². The monoisotopic (exact) mass is 273 g/mol. The van der Waals surface area contributed by atoms with Gasteiger partial charge in [-0.25, -0.2) is 0 Å². The van der Waals surface area contributed by atoms with Crippen LogP contribution in [-0.2, 0) is 7.05 Å². The van der Waals surface area contributed by atoms with Crippen LogP contribution in [0.5, 0.6) is 5.75 Å². The number of methoxy groups -OCH3 is 1. The summed E-state index contributed by atoms with van der Waals surface area (Å²) in [6.45, 7) is 6.38. The molecule has 0 bridgehead atoms. The van der Waals surface area contributed by atoms with Gasteiger partial charge in [-0.1, -0.05) is 12.1 Å². The van der Waals surface area contributed by atoms with E-state index in [2.05, 4.69) is 42.6 Å². The van der Waals surface area contributed by atoms with Crippen LogP contribution >= 0.6 is 0 Å². The molecule has 0 aliphatic carbocycles. The van der Waals surface area contributed by atoms with Gasteiger partial charge < -0.3 is 10.1 Å². The number of nitrogens with one attached hydrogen (secondary N) is 1. The van der Waals surface area contributed by atoms with Crippen LogP contribution in [-0.4, -0.2) is 16.9 Å². The molecule has 0 fully saturated rings. The highest BCUT2D eigenvalue weighted by Crippen LogP contribution is 2.23. The molecule has 2 rings (SSSR count). The molecule has 108 valence electrons. The SMILES string of the molecule is COc1cccc([C@H](C)NC(C)c2cn(C)nc2C)c1. The predicted molar refractivity (Wildman–Crippen MR) is 80.9 cm³/mol. The van der Waals surface area contributed by atoms with E-state index < -0.39 is 0 Å². The van der Waals surface area contributed by atoms with Crippen LogP contribution in [0.1, 0.15) is 42.8 Å². The summed E-state index contributed by atoms with van der Waals surface area (Å²) in [5, 5.41) is 8.01. The normalized spacial score (nSPS) is 14.1. The van der Waals surface area contributed by atoms with Crippen molar-refractivity contribution in [3.05, 3.63) is 47.3 Å². The molecule has 4 heteroatoms. The fraction of sp³-hybridized carbons (Fsp3) is 0.438. The summed E-state index contributed by atoms with van der Waals surface area (Å²) in [4.78, 5) is 0. The standard InChI is InChI=1S/C16H23N3O/c1-11(14-7-6-8-15(9-14)20-5)17-12(2)16-10-19(4)18-13(16)3/h6-12,17H,1-5H3/t11-,12?/m0/s1. The Morgan fingerprint density at radius 1 is 1.25 bits per heavy atom. The van der Waals surface area contributed by atoms with Gasteiger partial charge in [-0.05, 0) is 38.5 Å². The molecule has 20 heavy (non-hydrogen) atoms. The summed E-state index contributed by atoms with van der Waals surface area (Å²) in [5.74, 6) is 0.890. The number of aromatic nitrogens is 2. The van der Waals surface area contributed by atoms with Gasteiger partial charge in [-0.3, -0.25) is 4.68 Å². The third kappa shape index (κ3) is 3.20. The van der Waals surface area contributed by atoms with Crippen molar-refractivity contribution >= 4 is 0 Å². The lowest BCUT2D eigenvalue weighted by atomic mass is 10.0. The summed E-state index contributed by atoms with van der Waals surface area (Å²) >= 11 is 0. The van der Waals surface area contributed by atoms with E-state index >= 15 is 0 Å². The average molecular weight is 273 g/mol. The molecule has 0 saturated heterocycles. The van der Waals surface area contributed by atoms with Crippen molar-refractivity contribution in [1.82, 2.24) is 15.1 Å². The lowest BCUT2D eigenvalue weighted by molar-refractivity contribution is 0.412. The van der Waals surface area contributed by atoms with Gasteiger partial charge in [0.25, 0.3) is 0 Å². The number of aryl methyl sites for hydroxylation is 2. The second kappa shape index (κ2) is 6.09. The molecule has 1 aromatic carbocycles. The maximum absolute atomic E-state index is 5.28. The van der Waals surface area contributed by atoms with E-state index in [4.69, 9.17) is 4.74 Å². The van der Waals surface area contributed by atoms with Crippen molar-refractivity contribution in [3.8, 4) is 5.75 Å². The number of hydrogen-bond donors (Lipinski definition) is 1. The second-order valence-corrected chi connectivity index (χ2v) is 5.23. The Morgan fingerprint density at radius 2 is 2.00 bits per heavy atom. The highest BCUT2D eigenvalue weighted by Gasteiger charge is 2.15. The minimum Gasteiger partial charge on any atom is -0.497 e. The highest BCUT2D eigenvalue weighted by molar-refractivity contribution is 5.30. The topological polar surface area (TPSA) is 39.1 Å². The van der Waals surface area contributed by atoms with Crippen molar-refractivity contribution in [2.75, 3.05) is 7.11 Å². The van der Waals surface area contributed by atoms with Crippen molar-refractivity contribution in [1.29, 1.82) is 0 Å². The Hall–Kier alpha value is -1.81. The van der Waals surface area contributed by atoms with E-state index in [1.165, 1.54) is 11.1 Å². The van der Waals surface area contributed by atoms with Gasteiger partial charge in [-0.2, -0.15) is 5.10 Å². The largest absolute Gasteiger partial charge is 0.497 e. The van der Waals surface area contributed by atoms with Gasteiger partial charge >= 0.3 is 0 Å². The molecule has 1 aromatic heterocycles. The summed E-state index contributed by atoms with van der Waals surface area (Å²) in [7, 11) is 3.65. The van der Waals surface area contributed by atoms with Gasteiger partial charge in [-0.15, -0.1) is 0 Å². The molecule has 1 unspecified atom stereocenters. The van der Waals surface area contributed by atoms with Crippen LogP contribution in [0, 0.1) is 6.92 Å². The Labute approximate surface area is 120 Å². The zero-order valence-electron chi connectivity index (χ0n) is 12.8. The van der Waals surface area contributed by atoms with Crippen LogP contribution in [0.3, 0.4) is 0 Å². The van der Waals surface area contributed by atoms with Crippen molar-refractivity contribution in [2.24, 2.45) is 7.05 Å². The Kier molecular flexibility index (Phi) is 4.45. The lowest BCUT2D eigenvalue weighted by Crippen LogP contribution is -2.22. The van der Waals surface area contributed by atoms with E-state index in [0.29, 0.717) is 0 Å². The van der Waals surface area contributed by atoms with E-state index in [9.17, 15) is 0 Å². The molecule has 0 aliphatic rings. The molecule has 1 N–H and O–H groups in total. The first-order chi connectivity index (χ1) is 9.51. The summed E-state index contributed by atoms with van der Waals surface area (Å²) in [6, 6.07) is 8.67. The first kappa shape index (κ1) is 14.6. The van der Waals surface area contributed by atoms with E-state index in [0.717, 1.165) is 11.4 Å². The molecular weight excluding hydrogens is 250 g/mol. The number of rotatable bonds is 5. The number of benzene rings is 1. The predicted octanol–water partition coefficient (Wildman–Crippen LogP) is 3.15. The maximum atomic E-state index is 5.28. The fourth-order valence-electron chi connectivity index (χ4n) is 2.51. The fourth-order valence-corrected chi connectivity index (χ4v) is 2.51. The molecule has 2 aromatic rings. The number of hydrogen-bond acceptors (Lipinski definition) is 3. The van der Waals surface area contributed by atoms with E-state index in [-0.39, 0.29) is 12.1 Å². The Balaban J connectivity index is 2.10. The van der Waals surface area contributed by atoms with Crippen molar-refractivity contribution in [3.63, 3.8) is 0 Å². The Bertz CT molecular complexity index is 577. The summed E-state index contributed by atoms with van der Waals surface area (Å²) < 4.78 is 7.14. The highest BCUT2D eigenvalue weighted by atomic mass is 16.5. The molecule has 0 saturated carbocycles. The molecule has 0 radical (unpaired) electrons. The second-order valence-electron chi connectivity index (χ2n) is 5.23. The van der Waals surface area contributed by atoms with Gasteiger partial charge in [0, 0.05) is 30.9 Å². The third-order valence-electron chi connectivity index (χ3n) is 3.61. The first-order valence-corrected chi connectivity index (χ1v) is 6.91. The minimum atomic E-state index is 0.250. The molecular formula is C16H23N3O. The number of ether oxygens (including phenoxy) is 1. The summed E-state index contributed by atoms with van der Waals surface area (Å²) in [6.07, 6.45) is 2.07. The molecule has 2 atom stereocenters. The minimum absolute atomic E-state index is 0.250.